The van der Waals surface area contributed by atoms with Crippen molar-refractivity contribution in [2.24, 2.45) is 0 Å². The van der Waals surface area contributed by atoms with E-state index in [0.717, 1.165) is 12.1 Å². The van der Waals surface area contributed by atoms with Crippen LogP contribution in [0.3, 0.4) is 0 Å². The van der Waals surface area contributed by atoms with Gasteiger partial charge in [-0.3, -0.25) is 4.79 Å². The maximum atomic E-state index is 13.7. The fraction of sp³-hybridized carbons (Fsp3) is 0.176. The van der Waals surface area contributed by atoms with Gasteiger partial charge in [0, 0.05) is 10.0 Å². The molecular weight excluding hydrogens is 372 g/mol. The van der Waals surface area contributed by atoms with E-state index in [1.165, 1.54) is 26.2 Å². The van der Waals surface area contributed by atoms with E-state index in [1.54, 1.807) is 12.1 Å². The molecule has 0 aliphatic carbocycles. The number of hydrogen-bond donors (Lipinski definition) is 1. The van der Waals surface area contributed by atoms with Gasteiger partial charge in [0.2, 0.25) is 0 Å². The van der Waals surface area contributed by atoms with Crippen LogP contribution in [0.25, 0.3) is 0 Å². The molecule has 0 radical (unpaired) electrons. The standard InChI is InChI=1S/C17H14Cl2FNO4/c1-9(25-17(23)12-7-10(18)3-5-13(12)20)16(22)21-14-8-11(19)4-6-15(14)24-2/h3-9H,1-2H3,(H,21,22)/t9-/m0/s1. The SMILES string of the molecule is COc1ccc(Cl)cc1NC(=O)[C@H](C)OC(=O)c1cc(Cl)ccc1F. The average molecular weight is 386 g/mol. The van der Waals surface area contributed by atoms with Crippen molar-refractivity contribution in [3.63, 3.8) is 0 Å². The van der Waals surface area contributed by atoms with Crippen LogP contribution in [0.1, 0.15) is 17.3 Å². The van der Waals surface area contributed by atoms with E-state index < -0.39 is 23.8 Å². The zero-order valence-electron chi connectivity index (χ0n) is 13.3. The van der Waals surface area contributed by atoms with E-state index in [1.807, 2.05) is 0 Å². The third-order valence-corrected chi connectivity index (χ3v) is 3.69. The lowest BCUT2D eigenvalue weighted by Crippen LogP contribution is -2.30. The number of nitrogens with one attached hydrogen (secondary N) is 1. The van der Waals surface area contributed by atoms with Crippen LogP contribution < -0.4 is 10.1 Å². The number of anilines is 1. The van der Waals surface area contributed by atoms with Crippen molar-refractivity contribution in [1.29, 1.82) is 0 Å². The van der Waals surface area contributed by atoms with E-state index in [9.17, 15) is 14.0 Å². The fourth-order valence-electron chi connectivity index (χ4n) is 1.94. The largest absolute Gasteiger partial charge is 0.495 e. The van der Waals surface area contributed by atoms with Gasteiger partial charge in [0.15, 0.2) is 6.10 Å². The molecule has 2 rings (SSSR count). The molecule has 0 bridgehead atoms. The summed E-state index contributed by atoms with van der Waals surface area (Å²) in [6, 6.07) is 8.14. The Kier molecular flexibility index (Phi) is 6.22. The van der Waals surface area contributed by atoms with Gasteiger partial charge in [0.05, 0.1) is 18.4 Å². The second-order valence-electron chi connectivity index (χ2n) is 5.01. The first-order valence-corrected chi connectivity index (χ1v) is 7.88. The lowest BCUT2D eigenvalue weighted by atomic mass is 10.2. The Morgan fingerprint density at radius 2 is 1.76 bits per heavy atom. The van der Waals surface area contributed by atoms with E-state index in [0.29, 0.717) is 16.5 Å². The molecule has 2 aromatic rings. The number of hydrogen-bond acceptors (Lipinski definition) is 4. The van der Waals surface area contributed by atoms with Gasteiger partial charge in [-0.15, -0.1) is 0 Å². The molecule has 5 nitrogen and oxygen atoms in total. The third kappa shape index (κ3) is 4.84. The summed E-state index contributed by atoms with van der Waals surface area (Å²) in [7, 11) is 1.43. The number of halogens is 3. The predicted molar refractivity (Wildman–Crippen MR) is 92.9 cm³/mol. The Bertz CT molecular complexity index is 813. The van der Waals surface area contributed by atoms with E-state index in [2.05, 4.69) is 5.32 Å². The molecule has 25 heavy (non-hydrogen) atoms. The molecule has 1 amide bonds. The first kappa shape index (κ1) is 19.0. The van der Waals surface area contributed by atoms with Crippen LogP contribution >= 0.6 is 23.2 Å². The second-order valence-corrected chi connectivity index (χ2v) is 5.88. The molecule has 0 saturated heterocycles. The maximum absolute atomic E-state index is 13.7. The van der Waals surface area contributed by atoms with Crippen LogP contribution in [0.15, 0.2) is 36.4 Å². The maximum Gasteiger partial charge on any atom is 0.341 e. The van der Waals surface area contributed by atoms with E-state index in [4.69, 9.17) is 32.7 Å². The number of rotatable bonds is 5. The van der Waals surface area contributed by atoms with Gasteiger partial charge in [-0.05, 0) is 43.3 Å². The molecule has 2 aromatic carbocycles. The Labute approximate surface area is 153 Å². The number of methoxy groups -OCH3 is 1. The van der Waals surface area contributed by atoms with Crippen molar-refractivity contribution in [2.45, 2.75) is 13.0 Å². The smallest absolute Gasteiger partial charge is 0.341 e. The number of amides is 1. The first-order chi connectivity index (χ1) is 11.8. The zero-order chi connectivity index (χ0) is 18.6. The summed E-state index contributed by atoms with van der Waals surface area (Å²) < 4.78 is 23.8. The summed E-state index contributed by atoms with van der Waals surface area (Å²) in [5, 5.41) is 3.11. The van der Waals surface area contributed by atoms with Gasteiger partial charge in [0.25, 0.3) is 5.91 Å². The summed E-state index contributed by atoms with van der Waals surface area (Å²) in [5.74, 6) is -2.03. The summed E-state index contributed by atoms with van der Waals surface area (Å²) in [5.41, 5.74) is -0.0377. The van der Waals surface area contributed by atoms with Gasteiger partial charge in [0.1, 0.15) is 11.6 Å². The lowest BCUT2D eigenvalue weighted by molar-refractivity contribution is -0.123. The third-order valence-electron chi connectivity index (χ3n) is 3.22. The van der Waals surface area contributed by atoms with Crippen molar-refractivity contribution in [3.8, 4) is 5.75 Å². The Hall–Kier alpha value is -2.31. The van der Waals surface area contributed by atoms with Crippen LogP contribution in [-0.4, -0.2) is 25.1 Å². The topological polar surface area (TPSA) is 64.6 Å². The number of ether oxygens (including phenoxy) is 2. The van der Waals surface area contributed by atoms with Crippen molar-refractivity contribution < 1.29 is 23.5 Å². The van der Waals surface area contributed by atoms with Crippen molar-refractivity contribution in [3.05, 3.63) is 57.8 Å². The molecule has 8 heteroatoms. The number of esters is 1. The molecule has 0 aromatic heterocycles. The highest BCUT2D eigenvalue weighted by atomic mass is 35.5. The lowest BCUT2D eigenvalue weighted by Gasteiger charge is -2.15. The van der Waals surface area contributed by atoms with Crippen LogP contribution in [0.5, 0.6) is 5.75 Å². The molecule has 0 aliphatic rings. The first-order valence-electron chi connectivity index (χ1n) is 7.12. The molecule has 1 N–H and O–H groups in total. The molecule has 0 spiro atoms. The zero-order valence-corrected chi connectivity index (χ0v) is 14.8. The number of carbonyl (C=O) groups is 2. The van der Waals surface area contributed by atoms with Gasteiger partial charge in [-0.25, -0.2) is 9.18 Å². The van der Waals surface area contributed by atoms with E-state index >= 15 is 0 Å². The fourth-order valence-corrected chi connectivity index (χ4v) is 2.29. The molecule has 132 valence electrons. The highest BCUT2D eigenvalue weighted by Gasteiger charge is 2.22. The molecule has 0 heterocycles. The molecule has 0 fully saturated rings. The Balaban J connectivity index is 2.09. The minimum Gasteiger partial charge on any atom is -0.495 e. The normalized spacial score (nSPS) is 11.6. The van der Waals surface area contributed by atoms with Gasteiger partial charge in [-0.2, -0.15) is 0 Å². The molecule has 0 aliphatic heterocycles. The monoisotopic (exact) mass is 385 g/mol. The Morgan fingerprint density at radius 3 is 2.44 bits per heavy atom. The van der Waals surface area contributed by atoms with Crippen molar-refractivity contribution in [2.75, 3.05) is 12.4 Å². The van der Waals surface area contributed by atoms with Crippen LogP contribution in [0.2, 0.25) is 10.0 Å². The second kappa shape index (κ2) is 8.18. The highest BCUT2D eigenvalue weighted by molar-refractivity contribution is 6.31. The minimum absolute atomic E-state index is 0.175. The van der Waals surface area contributed by atoms with Crippen molar-refractivity contribution >= 4 is 40.8 Å². The summed E-state index contributed by atoms with van der Waals surface area (Å²) in [4.78, 5) is 24.2. The summed E-state index contributed by atoms with van der Waals surface area (Å²) in [6.07, 6.45) is -1.19. The predicted octanol–water partition coefficient (Wildman–Crippen LogP) is 4.33. The summed E-state index contributed by atoms with van der Waals surface area (Å²) >= 11 is 11.6. The summed E-state index contributed by atoms with van der Waals surface area (Å²) in [6.45, 7) is 1.35. The van der Waals surface area contributed by atoms with Crippen molar-refractivity contribution in [1.82, 2.24) is 0 Å². The van der Waals surface area contributed by atoms with E-state index in [-0.39, 0.29) is 10.6 Å². The molecule has 0 unspecified atom stereocenters. The number of carbonyl (C=O) groups excluding carboxylic acids is 2. The quantitative estimate of drug-likeness (QED) is 0.778. The molecule has 0 saturated carbocycles. The number of benzene rings is 2. The van der Waals surface area contributed by atoms with Crippen LogP contribution in [-0.2, 0) is 9.53 Å². The molecular formula is C17H14Cl2FNO4. The highest BCUT2D eigenvalue weighted by Crippen LogP contribution is 2.28. The minimum atomic E-state index is -1.19. The Morgan fingerprint density at radius 1 is 1.12 bits per heavy atom. The molecule has 1 atom stereocenters. The average Bonchev–Trinajstić information content (AvgIpc) is 2.57. The van der Waals surface area contributed by atoms with Crippen LogP contribution in [0, 0.1) is 5.82 Å². The van der Waals surface area contributed by atoms with Gasteiger partial charge >= 0.3 is 5.97 Å². The van der Waals surface area contributed by atoms with Crippen LogP contribution in [0.4, 0.5) is 10.1 Å². The van der Waals surface area contributed by atoms with Gasteiger partial charge in [-0.1, -0.05) is 23.2 Å². The van der Waals surface area contributed by atoms with Gasteiger partial charge < -0.3 is 14.8 Å².